The van der Waals surface area contributed by atoms with Crippen LogP contribution >= 0.6 is 11.8 Å². The lowest BCUT2D eigenvalue weighted by Crippen LogP contribution is -2.53. The monoisotopic (exact) mass is 244 g/mol. The fourth-order valence-electron chi connectivity index (χ4n) is 1.81. The van der Waals surface area contributed by atoms with Gasteiger partial charge in [0.05, 0.1) is 0 Å². The zero-order valence-electron chi connectivity index (χ0n) is 10.2. The van der Waals surface area contributed by atoms with Gasteiger partial charge in [0.15, 0.2) is 0 Å². The zero-order valence-corrected chi connectivity index (χ0v) is 11.0. The van der Waals surface area contributed by atoms with Crippen LogP contribution in [-0.2, 0) is 9.59 Å². The number of nitrogens with one attached hydrogen (secondary N) is 1. The summed E-state index contributed by atoms with van der Waals surface area (Å²) in [4.78, 5) is 25.3. The Morgan fingerprint density at radius 1 is 1.44 bits per heavy atom. The Morgan fingerprint density at radius 2 is 2.12 bits per heavy atom. The normalized spacial score (nSPS) is 20.6. The summed E-state index contributed by atoms with van der Waals surface area (Å²) in [5.41, 5.74) is -0.757. The molecule has 1 fully saturated rings. The minimum absolute atomic E-state index is 0.0273. The van der Waals surface area contributed by atoms with Crippen LogP contribution < -0.4 is 5.32 Å². The van der Waals surface area contributed by atoms with Crippen LogP contribution in [0.3, 0.4) is 0 Å². The highest BCUT2D eigenvalue weighted by atomic mass is 32.2. The Labute approximate surface area is 101 Å². The van der Waals surface area contributed by atoms with E-state index in [1.54, 1.807) is 30.5 Å². The molecule has 0 aromatic rings. The van der Waals surface area contributed by atoms with E-state index in [1.165, 1.54) is 0 Å². The Balaban J connectivity index is 2.62. The Bertz CT molecular complexity index is 279. The largest absolute Gasteiger partial charge is 0.342 e. The number of rotatable bonds is 4. The van der Waals surface area contributed by atoms with E-state index in [-0.39, 0.29) is 11.8 Å². The Morgan fingerprint density at radius 3 is 2.75 bits per heavy atom. The first kappa shape index (κ1) is 13.4. The first-order valence-electron chi connectivity index (χ1n) is 5.56. The standard InChI is InChI=1S/C11H20N2O2S/c1-11(2)10(15)13(6-4-8-16-3)7-5-9(14)12-11/h4-8H2,1-3H3,(H,12,14). The van der Waals surface area contributed by atoms with Crippen molar-refractivity contribution in [2.24, 2.45) is 0 Å². The second-order valence-corrected chi connectivity index (χ2v) is 5.55. The van der Waals surface area contributed by atoms with Crippen LogP contribution in [0, 0.1) is 0 Å². The lowest BCUT2D eigenvalue weighted by molar-refractivity contribution is -0.137. The molecule has 0 aromatic carbocycles. The summed E-state index contributed by atoms with van der Waals surface area (Å²) < 4.78 is 0. The van der Waals surface area contributed by atoms with Gasteiger partial charge in [-0.15, -0.1) is 0 Å². The fraction of sp³-hybridized carbons (Fsp3) is 0.818. The molecule has 0 atom stereocenters. The molecule has 1 aliphatic heterocycles. The van der Waals surface area contributed by atoms with E-state index < -0.39 is 5.54 Å². The molecule has 0 saturated carbocycles. The SMILES string of the molecule is CSCCCN1CCC(=O)NC(C)(C)C1=O. The molecule has 0 radical (unpaired) electrons. The molecule has 1 rings (SSSR count). The molecule has 16 heavy (non-hydrogen) atoms. The van der Waals surface area contributed by atoms with Crippen molar-refractivity contribution in [1.29, 1.82) is 0 Å². The van der Waals surface area contributed by atoms with Crippen LogP contribution in [0.2, 0.25) is 0 Å². The van der Waals surface area contributed by atoms with Crippen LogP contribution in [0.25, 0.3) is 0 Å². The molecule has 0 bridgehead atoms. The van der Waals surface area contributed by atoms with Crippen LogP contribution in [0.15, 0.2) is 0 Å². The highest BCUT2D eigenvalue weighted by molar-refractivity contribution is 7.98. The highest BCUT2D eigenvalue weighted by Gasteiger charge is 2.35. The van der Waals surface area contributed by atoms with E-state index >= 15 is 0 Å². The Hall–Kier alpha value is -0.710. The summed E-state index contributed by atoms with van der Waals surface area (Å²) in [6.45, 7) is 4.82. The zero-order chi connectivity index (χ0) is 12.2. The molecule has 0 aliphatic carbocycles. The van der Waals surface area contributed by atoms with E-state index in [9.17, 15) is 9.59 Å². The lowest BCUT2D eigenvalue weighted by atomic mass is 10.0. The summed E-state index contributed by atoms with van der Waals surface area (Å²) in [6.07, 6.45) is 3.45. The fourth-order valence-corrected chi connectivity index (χ4v) is 2.23. The number of nitrogens with zero attached hydrogens (tertiary/aromatic N) is 1. The van der Waals surface area contributed by atoms with Crippen LogP contribution in [0.5, 0.6) is 0 Å². The number of thioether (sulfide) groups is 1. The van der Waals surface area contributed by atoms with Crippen molar-refractivity contribution in [1.82, 2.24) is 10.2 Å². The molecular formula is C11H20N2O2S. The quantitative estimate of drug-likeness (QED) is 0.746. The van der Waals surface area contributed by atoms with Crippen molar-refractivity contribution in [3.8, 4) is 0 Å². The van der Waals surface area contributed by atoms with Crippen LogP contribution in [0.4, 0.5) is 0 Å². The van der Waals surface area contributed by atoms with Gasteiger partial charge in [0.25, 0.3) is 0 Å². The van der Waals surface area contributed by atoms with Gasteiger partial charge in [-0.3, -0.25) is 9.59 Å². The molecular weight excluding hydrogens is 224 g/mol. The number of carbonyl (C=O) groups excluding carboxylic acids is 2. The first-order valence-corrected chi connectivity index (χ1v) is 6.96. The third-order valence-corrected chi connectivity index (χ3v) is 3.36. The average Bonchev–Trinajstić information content (AvgIpc) is 2.29. The van der Waals surface area contributed by atoms with Crippen molar-refractivity contribution >= 4 is 23.6 Å². The number of carbonyl (C=O) groups is 2. The Kier molecular flexibility index (Phi) is 4.65. The summed E-state index contributed by atoms with van der Waals surface area (Å²) in [5, 5.41) is 2.75. The predicted molar refractivity (Wildman–Crippen MR) is 66.4 cm³/mol. The maximum absolute atomic E-state index is 12.1. The third kappa shape index (κ3) is 3.40. The summed E-state index contributed by atoms with van der Waals surface area (Å²) in [7, 11) is 0. The van der Waals surface area contributed by atoms with Gasteiger partial charge in [-0.1, -0.05) is 0 Å². The van der Waals surface area contributed by atoms with Crippen molar-refractivity contribution in [2.45, 2.75) is 32.2 Å². The van der Waals surface area contributed by atoms with Crippen LogP contribution in [0.1, 0.15) is 26.7 Å². The van der Waals surface area contributed by atoms with Gasteiger partial charge in [-0.25, -0.2) is 0 Å². The minimum atomic E-state index is -0.757. The van der Waals surface area contributed by atoms with Crippen LogP contribution in [-0.4, -0.2) is 47.4 Å². The van der Waals surface area contributed by atoms with E-state index in [1.807, 2.05) is 0 Å². The van der Waals surface area contributed by atoms with Crippen molar-refractivity contribution in [3.05, 3.63) is 0 Å². The van der Waals surface area contributed by atoms with Crippen molar-refractivity contribution in [3.63, 3.8) is 0 Å². The number of hydrogen-bond donors (Lipinski definition) is 1. The van der Waals surface area contributed by atoms with E-state index in [2.05, 4.69) is 11.6 Å². The summed E-state index contributed by atoms with van der Waals surface area (Å²) >= 11 is 1.78. The van der Waals surface area contributed by atoms with E-state index in [4.69, 9.17) is 0 Å². The van der Waals surface area contributed by atoms with E-state index in [0.717, 1.165) is 18.7 Å². The minimum Gasteiger partial charge on any atom is -0.342 e. The van der Waals surface area contributed by atoms with Gasteiger partial charge in [0.2, 0.25) is 11.8 Å². The second-order valence-electron chi connectivity index (χ2n) is 4.56. The van der Waals surface area contributed by atoms with Gasteiger partial charge >= 0.3 is 0 Å². The molecule has 1 heterocycles. The van der Waals surface area contributed by atoms with Crippen molar-refractivity contribution in [2.75, 3.05) is 25.1 Å². The first-order chi connectivity index (χ1) is 7.47. The molecule has 1 N–H and O–H groups in total. The second kappa shape index (κ2) is 5.57. The smallest absolute Gasteiger partial charge is 0.247 e. The molecule has 1 saturated heterocycles. The summed E-state index contributed by atoms with van der Waals surface area (Å²) in [5.74, 6) is 1.04. The molecule has 1 aliphatic rings. The maximum atomic E-state index is 12.1. The van der Waals surface area contributed by atoms with E-state index in [0.29, 0.717) is 13.0 Å². The van der Waals surface area contributed by atoms with Gasteiger partial charge in [-0.2, -0.15) is 11.8 Å². The molecule has 0 spiro atoms. The average molecular weight is 244 g/mol. The molecule has 0 unspecified atom stereocenters. The van der Waals surface area contributed by atoms with Gasteiger partial charge in [0, 0.05) is 19.5 Å². The highest BCUT2D eigenvalue weighted by Crippen LogP contribution is 2.13. The number of amides is 2. The molecule has 2 amide bonds. The predicted octanol–water partition coefficient (Wildman–Crippen LogP) is 0.867. The molecule has 0 aromatic heterocycles. The molecule has 4 nitrogen and oxygen atoms in total. The van der Waals surface area contributed by atoms with Crippen molar-refractivity contribution < 1.29 is 9.59 Å². The van der Waals surface area contributed by atoms with Gasteiger partial charge < -0.3 is 10.2 Å². The summed E-state index contributed by atoms with van der Waals surface area (Å²) in [6, 6.07) is 0. The topological polar surface area (TPSA) is 49.4 Å². The van der Waals surface area contributed by atoms with Gasteiger partial charge in [0.1, 0.15) is 5.54 Å². The molecule has 5 heteroatoms. The number of hydrogen-bond acceptors (Lipinski definition) is 3. The molecule has 92 valence electrons. The maximum Gasteiger partial charge on any atom is 0.247 e. The lowest BCUT2D eigenvalue weighted by Gasteiger charge is -2.28. The van der Waals surface area contributed by atoms with Gasteiger partial charge in [-0.05, 0) is 32.3 Å². The third-order valence-electron chi connectivity index (χ3n) is 2.66.